The van der Waals surface area contributed by atoms with Crippen molar-refractivity contribution in [2.75, 3.05) is 5.32 Å². The molecule has 0 spiro atoms. The Morgan fingerprint density at radius 2 is 2.17 bits per heavy atom. The van der Waals surface area contributed by atoms with Crippen LogP contribution in [-0.4, -0.2) is 30.3 Å². The van der Waals surface area contributed by atoms with Gasteiger partial charge in [0.2, 0.25) is 5.89 Å². The monoisotopic (exact) mass is 313 g/mol. The van der Waals surface area contributed by atoms with Crippen LogP contribution in [0.25, 0.3) is 5.69 Å². The highest BCUT2D eigenvalue weighted by Gasteiger charge is 2.09. The molecule has 0 atom stereocenters. The molecule has 0 unspecified atom stereocenters. The van der Waals surface area contributed by atoms with E-state index >= 15 is 0 Å². The molecule has 0 saturated carbocycles. The predicted octanol–water partition coefficient (Wildman–Crippen LogP) is 2.16. The van der Waals surface area contributed by atoms with Gasteiger partial charge in [0.1, 0.15) is 6.33 Å². The molecule has 2 heterocycles. The molecule has 0 fully saturated rings. The zero-order valence-corrected chi connectivity index (χ0v) is 13.4. The molecule has 3 rings (SSSR count). The Hall–Kier alpha value is -2.77. The Morgan fingerprint density at radius 1 is 1.30 bits per heavy atom. The van der Waals surface area contributed by atoms with Crippen LogP contribution >= 0.6 is 0 Å². The van der Waals surface area contributed by atoms with Gasteiger partial charge < -0.3 is 9.84 Å². The van der Waals surface area contributed by atoms with Gasteiger partial charge in [0.25, 0.3) is 0 Å². The SMILES string of the molecule is Cc1ccc(-n2cnnn2)cc1NCc1nc(CC(C)C)no1. The number of aryl methyl sites for hydroxylation is 1. The highest BCUT2D eigenvalue weighted by Crippen LogP contribution is 2.19. The summed E-state index contributed by atoms with van der Waals surface area (Å²) in [6.45, 7) is 6.76. The van der Waals surface area contributed by atoms with Crippen molar-refractivity contribution in [2.24, 2.45) is 5.92 Å². The second-order valence-electron chi connectivity index (χ2n) is 5.81. The van der Waals surface area contributed by atoms with Crippen molar-refractivity contribution in [3.8, 4) is 5.69 Å². The maximum absolute atomic E-state index is 5.27. The highest BCUT2D eigenvalue weighted by atomic mass is 16.5. The van der Waals surface area contributed by atoms with Gasteiger partial charge in [-0.25, -0.2) is 4.68 Å². The lowest BCUT2D eigenvalue weighted by Gasteiger charge is -2.09. The summed E-state index contributed by atoms with van der Waals surface area (Å²) in [5.41, 5.74) is 2.97. The van der Waals surface area contributed by atoms with Crippen molar-refractivity contribution in [2.45, 2.75) is 33.7 Å². The largest absolute Gasteiger partial charge is 0.376 e. The summed E-state index contributed by atoms with van der Waals surface area (Å²) in [5.74, 6) is 1.83. The lowest BCUT2D eigenvalue weighted by atomic mass is 10.1. The van der Waals surface area contributed by atoms with Crippen LogP contribution in [0.5, 0.6) is 0 Å². The molecule has 120 valence electrons. The molecule has 3 aromatic rings. The Bertz CT molecular complexity index is 764. The first kappa shape index (κ1) is 15.1. The van der Waals surface area contributed by atoms with E-state index in [1.807, 2.05) is 25.1 Å². The molecule has 0 amide bonds. The van der Waals surface area contributed by atoms with Crippen LogP contribution in [0, 0.1) is 12.8 Å². The topological polar surface area (TPSA) is 94.6 Å². The van der Waals surface area contributed by atoms with Gasteiger partial charge in [-0.05, 0) is 41.0 Å². The zero-order chi connectivity index (χ0) is 16.2. The van der Waals surface area contributed by atoms with Crippen LogP contribution in [0.4, 0.5) is 5.69 Å². The minimum Gasteiger partial charge on any atom is -0.376 e. The first-order chi connectivity index (χ1) is 11.1. The second-order valence-corrected chi connectivity index (χ2v) is 5.81. The molecule has 0 aliphatic rings. The molecule has 0 saturated heterocycles. The fraction of sp³-hybridized carbons (Fsp3) is 0.400. The molecule has 1 N–H and O–H groups in total. The van der Waals surface area contributed by atoms with Crippen molar-refractivity contribution in [1.29, 1.82) is 0 Å². The second kappa shape index (κ2) is 6.55. The van der Waals surface area contributed by atoms with E-state index in [-0.39, 0.29) is 0 Å². The molecule has 2 aromatic heterocycles. The summed E-state index contributed by atoms with van der Waals surface area (Å²) in [5, 5.41) is 18.5. The molecule has 8 heteroatoms. The Labute approximate surface area is 133 Å². The molecule has 0 aliphatic heterocycles. The van der Waals surface area contributed by atoms with Crippen molar-refractivity contribution >= 4 is 5.69 Å². The van der Waals surface area contributed by atoms with E-state index in [0.717, 1.165) is 29.2 Å². The smallest absolute Gasteiger partial charge is 0.245 e. The number of nitrogens with one attached hydrogen (secondary N) is 1. The Balaban J connectivity index is 1.70. The number of benzene rings is 1. The van der Waals surface area contributed by atoms with Gasteiger partial charge in [0.05, 0.1) is 12.2 Å². The molecule has 8 nitrogen and oxygen atoms in total. The average Bonchev–Trinajstić information content (AvgIpc) is 3.17. The number of nitrogens with zero attached hydrogens (tertiary/aromatic N) is 6. The van der Waals surface area contributed by atoms with Gasteiger partial charge in [-0.3, -0.25) is 0 Å². The van der Waals surface area contributed by atoms with E-state index in [4.69, 9.17) is 4.52 Å². The number of anilines is 1. The molecule has 0 radical (unpaired) electrons. The highest BCUT2D eigenvalue weighted by molar-refractivity contribution is 5.56. The number of hydrogen-bond donors (Lipinski definition) is 1. The maximum atomic E-state index is 5.27. The van der Waals surface area contributed by atoms with Crippen LogP contribution in [0.1, 0.15) is 31.1 Å². The lowest BCUT2D eigenvalue weighted by Crippen LogP contribution is -2.04. The van der Waals surface area contributed by atoms with Crippen LogP contribution < -0.4 is 5.32 Å². The van der Waals surface area contributed by atoms with Crippen LogP contribution in [0.2, 0.25) is 0 Å². The van der Waals surface area contributed by atoms with Crippen LogP contribution in [-0.2, 0) is 13.0 Å². The Morgan fingerprint density at radius 3 is 2.91 bits per heavy atom. The first-order valence-corrected chi connectivity index (χ1v) is 7.51. The summed E-state index contributed by atoms with van der Waals surface area (Å²) >= 11 is 0. The predicted molar refractivity (Wildman–Crippen MR) is 84.1 cm³/mol. The summed E-state index contributed by atoms with van der Waals surface area (Å²) < 4.78 is 6.88. The van der Waals surface area contributed by atoms with Gasteiger partial charge in [0, 0.05) is 12.1 Å². The third-order valence-corrected chi connectivity index (χ3v) is 3.37. The minimum absolute atomic E-state index is 0.477. The normalized spacial score (nSPS) is 11.1. The molecule has 0 bridgehead atoms. The standard InChI is InChI=1S/C15H19N7O/c1-10(2)6-14-18-15(23-19-14)8-16-13-7-12(5-4-11(13)3)22-9-17-20-21-22/h4-5,7,9-10,16H,6,8H2,1-3H3. The fourth-order valence-corrected chi connectivity index (χ4v) is 2.20. The number of rotatable bonds is 6. The Kier molecular flexibility index (Phi) is 4.31. The van der Waals surface area contributed by atoms with E-state index < -0.39 is 0 Å². The molecular weight excluding hydrogens is 294 g/mol. The minimum atomic E-state index is 0.477. The van der Waals surface area contributed by atoms with Crippen LogP contribution in [0.15, 0.2) is 29.0 Å². The molecule has 23 heavy (non-hydrogen) atoms. The fourth-order valence-electron chi connectivity index (χ4n) is 2.20. The van der Waals surface area contributed by atoms with Crippen molar-refractivity contribution < 1.29 is 4.52 Å². The van der Waals surface area contributed by atoms with E-state index in [1.165, 1.54) is 0 Å². The summed E-state index contributed by atoms with van der Waals surface area (Å²) in [7, 11) is 0. The maximum Gasteiger partial charge on any atom is 0.245 e. The average molecular weight is 313 g/mol. The summed E-state index contributed by atoms with van der Waals surface area (Å²) in [6.07, 6.45) is 2.38. The van der Waals surface area contributed by atoms with Crippen molar-refractivity contribution in [3.63, 3.8) is 0 Å². The van der Waals surface area contributed by atoms with Gasteiger partial charge in [-0.2, -0.15) is 4.98 Å². The van der Waals surface area contributed by atoms with Gasteiger partial charge >= 0.3 is 0 Å². The van der Waals surface area contributed by atoms with Gasteiger partial charge in [0.15, 0.2) is 5.82 Å². The number of tetrazole rings is 1. The van der Waals surface area contributed by atoms with E-state index in [2.05, 4.69) is 44.8 Å². The zero-order valence-electron chi connectivity index (χ0n) is 13.4. The lowest BCUT2D eigenvalue weighted by molar-refractivity contribution is 0.375. The van der Waals surface area contributed by atoms with E-state index in [0.29, 0.717) is 18.4 Å². The van der Waals surface area contributed by atoms with Crippen molar-refractivity contribution in [1.82, 2.24) is 30.3 Å². The molecular formula is C15H19N7O. The summed E-state index contributed by atoms with van der Waals surface area (Å²) in [6, 6.07) is 5.96. The van der Waals surface area contributed by atoms with E-state index in [1.54, 1.807) is 11.0 Å². The van der Waals surface area contributed by atoms with Crippen molar-refractivity contribution in [3.05, 3.63) is 41.8 Å². The first-order valence-electron chi connectivity index (χ1n) is 7.51. The van der Waals surface area contributed by atoms with Gasteiger partial charge in [-0.1, -0.05) is 25.1 Å². The number of hydrogen-bond acceptors (Lipinski definition) is 7. The quantitative estimate of drug-likeness (QED) is 0.745. The molecule has 0 aliphatic carbocycles. The van der Waals surface area contributed by atoms with Gasteiger partial charge in [-0.15, -0.1) is 5.10 Å². The van der Waals surface area contributed by atoms with E-state index in [9.17, 15) is 0 Å². The molecule has 1 aromatic carbocycles. The summed E-state index contributed by atoms with van der Waals surface area (Å²) in [4.78, 5) is 4.39. The third kappa shape index (κ3) is 3.71. The van der Waals surface area contributed by atoms with Crippen LogP contribution in [0.3, 0.4) is 0 Å². The number of aromatic nitrogens is 6. The third-order valence-electron chi connectivity index (χ3n) is 3.37.